The van der Waals surface area contributed by atoms with Crippen LogP contribution in [-0.2, 0) is 11.2 Å². The van der Waals surface area contributed by atoms with Gasteiger partial charge >= 0.3 is 6.18 Å². The van der Waals surface area contributed by atoms with Crippen LogP contribution < -0.4 is 0 Å². The molecule has 2 unspecified atom stereocenters. The molecule has 18 heavy (non-hydrogen) atoms. The van der Waals surface area contributed by atoms with E-state index in [1.54, 1.807) is 6.92 Å². The van der Waals surface area contributed by atoms with Crippen LogP contribution in [0.3, 0.4) is 0 Å². The van der Waals surface area contributed by atoms with E-state index in [4.69, 9.17) is 10.00 Å². The largest absolute Gasteiger partial charge is 0.410 e. The first-order valence-corrected chi connectivity index (χ1v) is 5.23. The van der Waals surface area contributed by atoms with Crippen LogP contribution in [-0.4, -0.2) is 28.3 Å². The molecule has 0 aliphatic carbocycles. The summed E-state index contributed by atoms with van der Waals surface area (Å²) in [7, 11) is 1.37. The molecular formula is C10H13F3N4O. The number of hydrogen-bond donors (Lipinski definition) is 0. The van der Waals surface area contributed by atoms with Gasteiger partial charge in [0.15, 0.2) is 0 Å². The Morgan fingerprint density at radius 1 is 1.44 bits per heavy atom. The Balaban J connectivity index is 3.25. The average Bonchev–Trinajstić information content (AvgIpc) is 2.70. The van der Waals surface area contributed by atoms with E-state index in [0.717, 1.165) is 11.6 Å². The fourth-order valence-corrected chi connectivity index (χ4v) is 1.49. The van der Waals surface area contributed by atoms with Crippen molar-refractivity contribution in [1.82, 2.24) is 15.0 Å². The van der Waals surface area contributed by atoms with Crippen molar-refractivity contribution in [1.29, 1.82) is 5.26 Å². The zero-order valence-electron chi connectivity index (χ0n) is 10.2. The first-order valence-electron chi connectivity index (χ1n) is 5.23. The molecule has 1 aromatic rings. The Hall–Kier alpha value is -1.62. The maximum atomic E-state index is 12.7. The van der Waals surface area contributed by atoms with Crippen molar-refractivity contribution in [2.45, 2.75) is 38.6 Å². The van der Waals surface area contributed by atoms with E-state index in [9.17, 15) is 13.2 Å². The van der Waals surface area contributed by atoms with Gasteiger partial charge in [0.25, 0.3) is 0 Å². The van der Waals surface area contributed by atoms with Gasteiger partial charge in [0.05, 0.1) is 24.3 Å². The third-order valence-electron chi connectivity index (χ3n) is 2.63. The van der Waals surface area contributed by atoms with Crippen molar-refractivity contribution < 1.29 is 17.9 Å². The minimum atomic E-state index is -4.43. The second-order valence-electron chi connectivity index (χ2n) is 3.80. The van der Waals surface area contributed by atoms with Crippen LogP contribution in [0.4, 0.5) is 13.2 Å². The molecular weight excluding hydrogens is 249 g/mol. The first kappa shape index (κ1) is 14.4. The summed E-state index contributed by atoms with van der Waals surface area (Å²) >= 11 is 0. The van der Waals surface area contributed by atoms with Gasteiger partial charge in [0, 0.05) is 7.11 Å². The molecule has 0 N–H and O–H groups in total. The molecule has 100 valence electrons. The summed E-state index contributed by atoms with van der Waals surface area (Å²) in [5.74, 6) is 0. The molecule has 0 bridgehead atoms. The molecule has 0 aliphatic heterocycles. The van der Waals surface area contributed by atoms with Crippen LogP contribution >= 0.6 is 0 Å². The summed E-state index contributed by atoms with van der Waals surface area (Å²) in [6.45, 7) is 2.57. The summed E-state index contributed by atoms with van der Waals surface area (Å²) < 4.78 is 43.8. The molecule has 0 radical (unpaired) electrons. The fourth-order valence-electron chi connectivity index (χ4n) is 1.49. The third kappa shape index (κ3) is 2.79. The molecule has 5 nitrogen and oxygen atoms in total. The van der Waals surface area contributed by atoms with Crippen LogP contribution in [0.1, 0.15) is 37.4 Å². The van der Waals surface area contributed by atoms with Crippen molar-refractivity contribution >= 4 is 0 Å². The summed E-state index contributed by atoms with van der Waals surface area (Å²) in [6.07, 6.45) is -5.15. The summed E-state index contributed by atoms with van der Waals surface area (Å²) in [5.41, 5.74) is 0.395. The topological polar surface area (TPSA) is 63.7 Å². The van der Waals surface area contributed by atoms with Gasteiger partial charge in [-0.05, 0) is 13.8 Å². The maximum absolute atomic E-state index is 12.7. The molecule has 2 atom stereocenters. The van der Waals surface area contributed by atoms with Crippen molar-refractivity contribution in [3.63, 3.8) is 0 Å². The van der Waals surface area contributed by atoms with Crippen LogP contribution in [0.5, 0.6) is 0 Å². The van der Waals surface area contributed by atoms with Crippen LogP contribution in [0.25, 0.3) is 0 Å². The Kier molecular flexibility index (Phi) is 4.29. The standard InChI is InChI=1S/C10H13F3N4O/c1-6(18-3)9-8(4-5-14)15-16-17(9)7(2)10(11,12)13/h6-7H,4H2,1-3H3. The molecule has 0 aliphatic rings. The van der Waals surface area contributed by atoms with Gasteiger partial charge in [-0.3, -0.25) is 0 Å². The number of nitriles is 1. The molecule has 0 fully saturated rings. The highest BCUT2D eigenvalue weighted by Crippen LogP contribution is 2.32. The molecule has 0 saturated carbocycles. The maximum Gasteiger partial charge on any atom is 0.410 e. The average molecular weight is 262 g/mol. The molecule has 8 heteroatoms. The van der Waals surface area contributed by atoms with Gasteiger partial charge in [-0.2, -0.15) is 18.4 Å². The Labute approximate surface area is 102 Å². The molecule has 0 spiro atoms. The lowest BCUT2D eigenvalue weighted by Gasteiger charge is -2.20. The minimum Gasteiger partial charge on any atom is -0.375 e. The lowest BCUT2D eigenvalue weighted by atomic mass is 10.1. The molecule has 0 amide bonds. The number of nitrogens with zero attached hydrogens (tertiary/aromatic N) is 4. The predicted molar refractivity (Wildman–Crippen MR) is 55.5 cm³/mol. The highest BCUT2D eigenvalue weighted by Gasteiger charge is 2.40. The van der Waals surface area contributed by atoms with Crippen molar-refractivity contribution in [3.05, 3.63) is 11.4 Å². The molecule has 1 aromatic heterocycles. The number of ether oxygens (including phenoxy) is 1. The van der Waals surface area contributed by atoms with Gasteiger partial charge in [-0.15, -0.1) is 5.10 Å². The van der Waals surface area contributed by atoms with Gasteiger partial charge in [-0.1, -0.05) is 5.21 Å². The third-order valence-corrected chi connectivity index (χ3v) is 2.63. The minimum absolute atomic E-state index is 0.104. The number of methoxy groups -OCH3 is 1. The van der Waals surface area contributed by atoms with Crippen molar-refractivity contribution in [3.8, 4) is 6.07 Å². The van der Waals surface area contributed by atoms with Crippen LogP contribution in [0, 0.1) is 11.3 Å². The van der Waals surface area contributed by atoms with Gasteiger partial charge in [0.2, 0.25) is 0 Å². The zero-order valence-corrected chi connectivity index (χ0v) is 10.2. The number of hydrogen-bond acceptors (Lipinski definition) is 4. The van der Waals surface area contributed by atoms with E-state index in [1.165, 1.54) is 7.11 Å². The van der Waals surface area contributed by atoms with E-state index >= 15 is 0 Å². The Morgan fingerprint density at radius 2 is 2.06 bits per heavy atom. The van der Waals surface area contributed by atoms with Gasteiger partial charge < -0.3 is 4.74 Å². The summed E-state index contributed by atoms with van der Waals surface area (Å²) in [5, 5.41) is 15.7. The molecule has 1 rings (SSSR count). The lowest BCUT2D eigenvalue weighted by Crippen LogP contribution is -2.27. The van der Waals surface area contributed by atoms with E-state index < -0.39 is 18.3 Å². The van der Waals surface area contributed by atoms with Crippen molar-refractivity contribution in [2.24, 2.45) is 0 Å². The van der Waals surface area contributed by atoms with Gasteiger partial charge in [-0.25, -0.2) is 4.68 Å². The van der Waals surface area contributed by atoms with Gasteiger partial charge in [0.1, 0.15) is 11.7 Å². The second kappa shape index (κ2) is 5.35. The van der Waals surface area contributed by atoms with E-state index in [1.807, 2.05) is 6.07 Å². The number of alkyl halides is 3. The Morgan fingerprint density at radius 3 is 2.50 bits per heavy atom. The Bertz CT molecular complexity index is 449. The number of rotatable bonds is 4. The lowest BCUT2D eigenvalue weighted by molar-refractivity contribution is -0.166. The monoisotopic (exact) mass is 262 g/mol. The number of halogens is 3. The summed E-state index contributed by atoms with van der Waals surface area (Å²) in [4.78, 5) is 0. The normalized spacial score (nSPS) is 15.2. The SMILES string of the molecule is COC(C)c1c(CC#N)nnn1C(C)C(F)(F)F. The van der Waals surface area contributed by atoms with Crippen LogP contribution in [0.15, 0.2) is 0 Å². The smallest absolute Gasteiger partial charge is 0.375 e. The van der Waals surface area contributed by atoms with Crippen molar-refractivity contribution in [2.75, 3.05) is 7.11 Å². The molecule has 1 heterocycles. The van der Waals surface area contributed by atoms with Crippen LogP contribution in [0.2, 0.25) is 0 Å². The summed E-state index contributed by atoms with van der Waals surface area (Å²) in [6, 6.07) is 0.0269. The van der Waals surface area contributed by atoms with E-state index in [-0.39, 0.29) is 17.8 Å². The molecule has 0 aromatic carbocycles. The highest BCUT2D eigenvalue weighted by atomic mass is 19.4. The highest BCUT2D eigenvalue weighted by molar-refractivity contribution is 5.17. The van der Waals surface area contributed by atoms with E-state index in [2.05, 4.69) is 10.3 Å². The molecule has 0 saturated heterocycles. The van der Waals surface area contributed by atoms with E-state index in [0.29, 0.717) is 0 Å². The number of aromatic nitrogens is 3. The second-order valence-corrected chi connectivity index (χ2v) is 3.80. The fraction of sp³-hybridized carbons (Fsp3) is 0.700. The first-order chi connectivity index (χ1) is 8.32. The quantitative estimate of drug-likeness (QED) is 0.834. The predicted octanol–water partition coefficient (Wildman–Crippen LogP) is 2.17. The zero-order chi connectivity index (χ0) is 13.9.